The van der Waals surface area contributed by atoms with Crippen LogP contribution >= 0.6 is 27.7 Å². The first-order valence-corrected chi connectivity index (χ1v) is 8.33. The van der Waals surface area contributed by atoms with Gasteiger partial charge in [-0.25, -0.2) is 4.79 Å². The lowest BCUT2D eigenvalue weighted by atomic mass is 10.3. The van der Waals surface area contributed by atoms with Gasteiger partial charge < -0.3 is 15.4 Å². The van der Waals surface area contributed by atoms with Crippen molar-refractivity contribution >= 4 is 45.4 Å². The number of carbonyl (C=O) groups is 2. The minimum atomic E-state index is -0.638. The number of benzene rings is 2. The number of methoxy groups -OCH3 is 1. The standard InChI is InChI=1S/C16H15BrN2O3S/c1-22-16(21)18-10-15(20)19-12-4-8-14(9-5-12)23-13-6-2-11(17)3-7-13/h2-9H,10H2,1H3,(H,18,21)(H,19,20). The number of halogens is 1. The second kappa shape index (κ2) is 8.59. The van der Waals surface area contributed by atoms with Crippen LogP contribution in [0.4, 0.5) is 10.5 Å². The molecule has 2 amide bonds. The van der Waals surface area contributed by atoms with E-state index in [0.717, 1.165) is 14.3 Å². The van der Waals surface area contributed by atoms with E-state index in [-0.39, 0.29) is 12.5 Å². The molecule has 7 heteroatoms. The van der Waals surface area contributed by atoms with Crippen molar-refractivity contribution in [1.29, 1.82) is 0 Å². The molecule has 23 heavy (non-hydrogen) atoms. The molecule has 2 rings (SSSR count). The summed E-state index contributed by atoms with van der Waals surface area (Å²) in [4.78, 5) is 24.7. The maximum Gasteiger partial charge on any atom is 0.407 e. The van der Waals surface area contributed by atoms with Gasteiger partial charge in [0.15, 0.2) is 0 Å². The third-order valence-electron chi connectivity index (χ3n) is 2.77. The summed E-state index contributed by atoms with van der Waals surface area (Å²) >= 11 is 5.04. The zero-order chi connectivity index (χ0) is 16.7. The summed E-state index contributed by atoms with van der Waals surface area (Å²) in [5.74, 6) is -0.316. The molecule has 0 aliphatic rings. The van der Waals surface area contributed by atoms with Gasteiger partial charge >= 0.3 is 6.09 Å². The summed E-state index contributed by atoms with van der Waals surface area (Å²) in [7, 11) is 1.25. The van der Waals surface area contributed by atoms with Gasteiger partial charge in [-0.2, -0.15) is 0 Å². The summed E-state index contributed by atoms with van der Waals surface area (Å²) in [6.07, 6.45) is -0.638. The third kappa shape index (κ3) is 5.96. The second-order valence-corrected chi connectivity index (χ2v) is 6.54. The highest BCUT2D eigenvalue weighted by Gasteiger charge is 2.05. The zero-order valence-electron chi connectivity index (χ0n) is 12.3. The fourth-order valence-electron chi connectivity index (χ4n) is 1.67. The molecular formula is C16H15BrN2O3S. The molecule has 0 heterocycles. The number of alkyl carbamates (subject to hydrolysis) is 1. The Bertz CT molecular complexity index is 675. The van der Waals surface area contributed by atoms with E-state index < -0.39 is 6.09 Å². The topological polar surface area (TPSA) is 67.4 Å². The van der Waals surface area contributed by atoms with Gasteiger partial charge in [-0.1, -0.05) is 27.7 Å². The lowest BCUT2D eigenvalue weighted by Crippen LogP contribution is -2.32. The quantitative estimate of drug-likeness (QED) is 0.806. The highest BCUT2D eigenvalue weighted by molar-refractivity contribution is 9.10. The highest BCUT2D eigenvalue weighted by atomic mass is 79.9. The zero-order valence-corrected chi connectivity index (χ0v) is 14.7. The van der Waals surface area contributed by atoms with Crippen LogP contribution in [0.25, 0.3) is 0 Å². The summed E-state index contributed by atoms with van der Waals surface area (Å²) in [5.41, 5.74) is 0.668. The molecule has 0 saturated heterocycles. The molecule has 0 radical (unpaired) electrons. The maximum atomic E-state index is 11.6. The van der Waals surface area contributed by atoms with Crippen molar-refractivity contribution in [3.8, 4) is 0 Å². The van der Waals surface area contributed by atoms with Gasteiger partial charge in [0.1, 0.15) is 6.54 Å². The molecule has 0 bridgehead atoms. The highest BCUT2D eigenvalue weighted by Crippen LogP contribution is 2.29. The van der Waals surface area contributed by atoms with Gasteiger partial charge in [0.25, 0.3) is 0 Å². The Labute approximate surface area is 146 Å². The Morgan fingerprint density at radius 3 is 2.17 bits per heavy atom. The fourth-order valence-corrected chi connectivity index (χ4v) is 2.76. The maximum absolute atomic E-state index is 11.6. The van der Waals surface area contributed by atoms with E-state index in [1.165, 1.54) is 7.11 Å². The van der Waals surface area contributed by atoms with Crippen molar-refractivity contribution < 1.29 is 14.3 Å². The molecular weight excluding hydrogens is 380 g/mol. The molecule has 0 atom stereocenters. The molecule has 0 aliphatic heterocycles. The number of amides is 2. The minimum Gasteiger partial charge on any atom is -0.453 e. The van der Waals surface area contributed by atoms with Crippen LogP contribution in [0.3, 0.4) is 0 Å². The lowest BCUT2D eigenvalue weighted by Gasteiger charge is -2.07. The lowest BCUT2D eigenvalue weighted by molar-refractivity contribution is -0.115. The average Bonchev–Trinajstić information content (AvgIpc) is 2.56. The molecule has 2 aromatic rings. The van der Waals surface area contributed by atoms with Crippen LogP contribution in [0.15, 0.2) is 62.8 Å². The number of anilines is 1. The van der Waals surface area contributed by atoms with Crippen LogP contribution in [0.1, 0.15) is 0 Å². The summed E-state index contributed by atoms with van der Waals surface area (Å²) < 4.78 is 5.44. The van der Waals surface area contributed by atoms with Crippen molar-refractivity contribution in [2.45, 2.75) is 9.79 Å². The van der Waals surface area contributed by atoms with Crippen LogP contribution in [0, 0.1) is 0 Å². The number of carbonyl (C=O) groups excluding carboxylic acids is 2. The first-order valence-electron chi connectivity index (χ1n) is 6.72. The molecule has 2 aromatic carbocycles. The van der Waals surface area contributed by atoms with Gasteiger partial charge in [-0.3, -0.25) is 4.79 Å². The summed E-state index contributed by atoms with van der Waals surface area (Å²) in [5, 5.41) is 5.02. The fraction of sp³-hybridized carbons (Fsp3) is 0.125. The number of rotatable bonds is 5. The monoisotopic (exact) mass is 394 g/mol. The number of ether oxygens (including phenoxy) is 1. The van der Waals surface area contributed by atoms with Crippen LogP contribution < -0.4 is 10.6 Å². The molecule has 120 valence electrons. The summed E-state index contributed by atoms with van der Waals surface area (Å²) in [6.45, 7) is -0.137. The van der Waals surface area contributed by atoms with Crippen molar-refractivity contribution in [3.05, 3.63) is 53.0 Å². The SMILES string of the molecule is COC(=O)NCC(=O)Nc1ccc(Sc2ccc(Br)cc2)cc1. The molecule has 0 aromatic heterocycles. The van der Waals surface area contributed by atoms with E-state index in [9.17, 15) is 9.59 Å². The Morgan fingerprint density at radius 1 is 1.04 bits per heavy atom. The van der Waals surface area contributed by atoms with Crippen molar-refractivity contribution in [3.63, 3.8) is 0 Å². The van der Waals surface area contributed by atoms with E-state index in [4.69, 9.17) is 0 Å². The molecule has 0 spiro atoms. The minimum absolute atomic E-state index is 0.137. The molecule has 0 saturated carbocycles. The van der Waals surface area contributed by atoms with E-state index in [1.807, 2.05) is 48.5 Å². The van der Waals surface area contributed by atoms with E-state index >= 15 is 0 Å². The normalized spacial score (nSPS) is 10.0. The van der Waals surface area contributed by atoms with Gasteiger partial charge in [-0.05, 0) is 48.5 Å². The van der Waals surface area contributed by atoms with Gasteiger partial charge in [0, 0.05) is 20.0 Å². The van der Waals surface area contributed by atoms with E-state index in [1.54, 1.807) is 11.8 Å². The number of hydrogen-bond donors (Lipinski definition) is 2. The smallest absolute Gasteiger partial charge is 0.407 e. The predicted octanol–water partition coefficient (Wildman–Crippen LogP) is 3.89. The average molecular weight is 395 g/mol. The first kappa shape index (κ1) is 17.4. The van der Waals surface area contributed by atoms with E-state index in [0.29, 0.717) is 5.69 Å². The molecule has 2 N–H and O–H groups in total. The Morgan fingerprint density at radius 2 is 1.61 bits per heavy atom. The van der Waals surface area contributed by atoms with Crippen LogP contribution in [-0.4, -0.2) is 25.7 Å². The first-order chi connectivity index (χ1) is 11.1. The molecule has 5 nitrogen and oxygen atoms in total. The predicted molar refractivity (Wildman–Crippen MR) is 93.7 cm³/mol. The van der Waals surface area contributed by atoms with Crippen molar-refractivity contribution in [2.24, 2.45) is 0 Å². The third-order valence-corrected chi connectivity index (χ3v) is 4.31. The Hall–Kier alpha value is -1.99. The second-order valence-electron chi connectivity index (χ2n) is 4.47. The van der Waals surface area contributed by atoms with Crippen LogP contribution in [0.2, 0.25) is 0 Å². The van der Waals surface area contributed by atoms with Crippen molar-refractivity contribution in [2.75, 3.05) is 19.0 Å². The van der Waals surface area contributed by atoms with Gasteiger partial charge in [0.05, 0.1) is 7.11 Å². The van der Waals surface area contributed by atoms with E-state index in [2.05, 4.69) is 31.3 Å². The number of hydrogen-bond acceptors (Lipinski definition) is 4. The molecule has 0 unspecified atom stereocenters. The summed E-state index contributed by atoms with van der Waals surface area (Å²) in [6, 6.07) is 15.5. The Balaban J connectivity index is 1.87. The van der Waals surface area contributed by atoms with Crippen molar-refractivity contribution in [1.82, 2.24) is 5.32 Å². The van der Waals surface area contributed by atoms with Gasteiger partial charge in [-0.15, -0.1) is 0 Å². The van der Waals surface area contributed by atoms with Crippen LogP contribution in [-0.2, 0) is 9.53 Å². The van der Waals surface area contributed by atoms with Crippen LogP contribution in [0.5, 0.6) is 0 Å². The Kier molecular flexibility index (Phi) is 6.49. The molecule has 0 aliphatic carbocycles. The largest absolute Gasteiger partial charge is 0.453 e. The van der Waals surface area contributed by atoms with Gasteiger partial charge in [0.2, 0.25) is 5.91 Å². The number of nitrogens with one attached hydrogen (secondary N) is 2. The molecule has 0 fully saturated rings.